The zero-order valence-electron chi connectivity index (χ0n) is 15.1. The van der Waals surface area contributed by atoms with Gasteiger partial charge in [0.25, 0.3) is 10.1 Å². The monoisotopic (exact) mass is 356 g/mol. The van der Waals surface area contributed by atoms with Crippen molar-refractivity contribution in [1.82, 2.24) is 0 Å². The summed E-state index contributed by atoms with van der Waals surface area (Å²) in [5, 5.41) is 0. The van der Waals surface area contributed by atoms with E-state index in [1.165, 1.54) is 0 Å². The zero-order valence-corrected chi connectivity index (χ0v) is 15.9. The van der Waals surface area contributed by atoms with E-state index in [1.54, 1.807) is 24.3 Å². The van der Waals surface area contributed by atoms with Gasteiger partial charge in [-0.1, -0.05) is 80.6 Å². The van der Waals surface area contributed by atoms with Gasteiger partial charge in [-0.3, -0.25) is 0 Å². The molecule has 2 aromatic carbocycles. The number of hydrogen-bond acceptors (Lipinski definition) is 3. The molecular formula is C21H24O3S. The van der Waals surface area contributed by atoms with Gasteiger partial charge in [-0.15, -0.1) is 0 Å². The molecule has 0 aromatic heterocycles. The van der Waals surface area contributed by atoms with Crippen molar-refractivity contribution in [2.75, 3.05) is 0 Å². The third kappa shape index (κ3) is 5.74. The molecule has 2 aromatic rings. The smallest absolute Gasteiger partial charge is 0.249 e. The predicted octanol–water partition coefficient (Wildman–Crippen LogP) is 4.36. The lowest BCUT2D eigenvalue weighted by Gasteiger charge is -2.25. The summed E-state index contributed by atoms with van der Waals surface area (Å²) in [6, 6.07) is 16.5. The van der Waals surface area contributed by atoms with E-state index in [2.05, 4.69) is 11.8 Å². The topological polar surface area (TPSA) is 43.4 Å². The maximum absolute atomic E-state index is 12.5. The van der Waals surface area contributed by atoms with Crippen molar-refractivity contribution in [3.63, 3.8) is 0 Å². The SMILES string of the molecule is Cc1ccc(S(=O)(=O)OC(C#CCc2ccccc2)C(C)(C)C)cc1. The highest BCUT2D eigenvalue weighted by Gasteiger charge is 2.30. The second-order valence-electron chi connectivity index (χ2n) is 7.09. The Kier molecular flexibility index (Phi) is 6.05. The molecule has 132 valence electrons. The third-order valence-corrected chi connectivity index (χ3v) is 4.98. The second kappa shape index (κ2) is 7.86. The minimum Gasteiger partial charge on any atom is -0.249 e. The van der Waals surface area contributed by atoms with E-state index < -0.39 is 21.6 Å². The molecule has 0 heterocycles. The third-order valence-electron chi connectivity index (χ3n) is 3.69. The van der Waals surface area contributed by atoms with Crippen LogP contribution in [0.15, 0.2) is 59.5 Å². The average Bonchev–Trinajstić information content (AvgIpc) is 2.54. The summed E-state index contributed by atoms with van der Waals surface area (Å²) in [7, 11) is -3.86. The average molecular weight is 356 g/mol. The van der Waals surface area contributed by atoms with Crippen LogP contribution in [0.3, 0.4) is 0 Å². The van der Waals surface area contributed by atoms with Crippen molar-refractivity contribution >= 4 is 10.1 Å². The van der Waals surface area contributed by atoms with Crippen LogP contribution in [0, 0.1) is 24.2 Å². The van der Waals surface area contributed by atoms with Crippen LogP contribution in [-0.2, 0) is 20.7 Å². The first-order valence-electron chi connectivity index (χ1n) is 8.21. The lowest BCUT2D eigenvalue weighted by atomic mass is 9.89. The van der Waals surface area contributed by atoms with Gasteiger partial charge in [0.2, 0.25) is 0 Å². The molecule has 0 fully saturated rings. The van der Waals surface area contributed by atoms with Crippen LogP contribution >= 0.6 is 0 Å². The maximum Gasteiger partial charge on any atom is 0.298 e. The lowest BCUT2D eigenvalue weighted by molar-refractivity contribution is 0.143. The Morgan fingerprint density at radius 3 is 2.16 bits per heavy atom. The van der Waals surface area contributed by atoms with Gasteiger partial charge < -0.3 is 0 Å². The Bertz CT molecular complexity index is 849. The van der Waals surface area contributed by atoms with Gasteiger partial charge in [0, 0.05) is 11.8 Å². The molecule has 0 bridgehead atoms. The number of benzene rings is 2. The van der Waals surface area contributed by atoms with Crippen molar-refractivity contribution in [3.05, 3.63) is 65.7 Å². The molecule has 0 aliphatic carbocycles. The Hall–Kier alpha value is -2.09. The standard InChI is InChI=1S/C21H24O3S/c1-17-13-15-19(16-14-17)25(22,23)24-20(21(2,3)4)12-8-11-18-9-6-5-7-10-18/h5-7,9-10,13-16,20H,11H2,1-4H3. The summed E-state index contributed by atoms with van der Waals surface area (Å²) in [4.78, 5) is 0.150. The largest absolute Gasteiger partial charge is 0.298 e. The van der Waals surface area contributed by atoms with Crippen LogP contribution in [0.4, 0.5) is 0 Å². The molecule has 0 amide bonds. The summed E-state index contributed by atoms with van der Waals surface area (Å²) in [5.74, 6) is 6.05. The molecule has 0 saturated carbocycles. The van der Waals surface area contributed by atoms with Crippen LogP contribution in [0.2, 0.25) is 0 Å². The fourth-order valence-corrected chi connectivity index (χ4v) is 3.28. The molecule has 25 heavy (non-hydrogen) atoms. The van der Waals surface area contributed by atoms with Gasteiger partial charge in [0.05, 0.1) is 4.90 Å². The van der Waals surface area contributed by atoms with Crippen LogP contribution < -0.4 is 0 Å². The van der Waals surface area contributed by atoms with Crippen LogP contribution in [0.5, 0.6) is 0 Å². The highest BCUT2D eigenvalue weighted by atomic mass is 32.2. The fraction of sp³-hybridized carbons (Fsp3) is 0.333. The quantitative estimate of drug-likeness (QED) is 0.604. The first kappa shape index (κ1) is 19.2. The van der Waals surface area contributed by atoms with Crippen molar-refractivity contribution < 1.29 is 12.6 Å². The maximum atomic E-state index is 12.5. The van der Waals surface area contributed by atoms with E-state index in [1.807, 2.05) is 58.0 Å². The van der Waals surface area contributed by atoms with E-state index in [0.717, 1.165) is 11.1 Å². The first-order chi connectivity index (χ1) is 11.7. The fourth-order valence-electron chi connectivity index (χ4n) is 2.11. The molecule has 0 radical (unpaired) electrons. The Labute approximate surface area is 151 Å². The Morgan fingerprint density at radius 1 is 1.00 bits per heavy atom. The molecule has 2 rings (SSSR count). The second-order valence-corrected chi connectivity index (χ2v) is 8.67. The van der Waals surface area contributed by atoms with E-state index in [4.69, 9.17) is 4.18 Å². The number of aryl methyl sites for hydroxylation is 1. The van der Waals surface area contributed by atoms with E-state index in [9.17, 15) is 8.42 Å². The summed E-state index contributed by atoms with van der Waals surface area (Å²) in [6.07, 6.45) is -0.163. The molecule has 0 spiro atoms. The summed E-state index contributed by atoms with van der Waals surface area (Å²) in [6.45, 7) is 7.66. The van der Waals surface area contributed by atoms with Crippen LogP contribution in [-0.4, -0.2) is 14.5 Å². The van der Waals surface area contributed by atoms with Gasteiger partial charge in [-0.2, -0.15) is 8.42 Å². The molecule has 1 atom stereocenters. The highest BCUT2D eigenvalue weighted by Crippen LogP contribution is 2.26. The van der Waals surface area contributed by atoms with Gasteiger partial charge in [0.15, 0.2) is 0 Å². The minimum absolute atomic E-state index is 0.150. The van der Waals surface area contributed by atoms with Gasteiger partial charge in [0.1, 0.15) is 6.10 Å². The molecule has 0 aliphatic heterocycles. The predicted molar refractivity (Wildman–Crippen MR) is 101 cm³/mol. The summed E-state index contributed by atoms with van der Waals surface area (Å²) in [5.41, 5.74) is 1.65. The van der Waals surface area contributed by atoms with Crippen LogP contribution in [0.25, 0.3) is 0 Å². The van der Waals surface area contributed by atoms with Crippen molar-refractivity contribution in [2.45, 2.75) is 45.1 Å². The molecule has 0 N–H and O–H groups in total. The van der Waals surface area contributed by atoms with E-state index in [-0.39, 0.29) is 4.90 Å². The van der Waals surface area contributed by atoms with Crippen molar-refractivity contribution in [2.24, 2.45) is 5.41 Å². The Balaban J connectivity index is 2.20. The molecule has 0 aliphatic rings. The molecule has 3 nitrogen and oxygen atoms in total. The first-order valence-corrected chi connectivity index (χ1v) is 9.61. The number of hydrogen-bond donors (Lipinski definition) is 0. The summed E-state index contributed by atoms with van der Waals surface area (Å²) >= 11 is 0. The summed E-state index contributed by atoms with van der Waals surface area (Å²) < 4.78 is 30.6. The number of rotatable bonds is 4. The molecule has 4 heteroatoms. The Morgan fingerprint density at radius 2 is 1.60 bits per heavy atom. The lowest BCUT2D eigenvalue weighted by Crippen LogP contribution is -2.30. The van der Waals surface area contributed by atoms with Gasteiger partial charge in [-0.25, -0.2) is 4.18 Å². The molecule has 1 unspecified atom stereocenters. The van der Waals surface area contributed by atoms with Gasteiger partial charge >= 0.3 is 0 Å². The van der Waals surface area contributed by atoms with E-state index >= 15 is 0 Å². The minimum atomic E-state index is -3.86. The normalized spacial score (nSPS) is 13.0. The van der Waals surface area contributed by atoms with Crippen molar-refractivity contribution in [1.29, 1.82) is 0 Å². The molecule has 0 saturated heterocycles. The molecular weight excluding hydrogens is 332 g/mol. The van der Waals surface area contributed by atoms with Crippen LogP contribution in [0.1, 0.15) is 31.9 Å². The van der Waals surface area contributed by atoms with Crippen molar-refractivity contribution in [3.8, 4) is 11.8 Å². The van der Waals surface area contributed by atoms with E-state index in [0.29, 0.717) is 6.42 Å². The zero-order chi connectivity index (χ0) is 18.5. The highest BCUT2D eigenvalue weighted by molar-refractivity contribution is 7.86. The van der Waals surface area contributed by atoms with Gasteiger partial charge in [-0.05, 0) is 24.6 Å².